The minimum Gasteiger partial charge on any atom is -0.390 e. The molecule has 0 atom stereocenters. The van der Waals surface area contributed by atoms with Gasteiger partial charge in [-0.05, 0) is 12.7 Å². The Labute approximate surface area is 70.2 Å². The third-order valence-corrected chi connectivity index (χ3v) is 2.20. The molecule has 0 aliphatic carbocycles. The van der Waals surface area contributed by atoms with Crippen LogP contribution in [0.3, 0.4) is 0 Å². The van der Waals surface area contributed by atoms with Crippen LogP contribution in [0.4, 0.5) is 0 Å². The minimum absolute atomic E-state index is 0.0448. The highest BCUT2D eigenvalue weighted by molar-refractivity contribution is 7.99. The standard InChI is InChI=1S/C7H12N2OS/c1-3-11-7-6(4-10)8-5(2)9-7/h10H,3-4H2,1-2H3,(H,8,9). The Morgan fingerprint density at radius 3 is 2.91 bits per heavy atom. The molecule has 2 N–H and O–H groups in total. The summed E-state index contributed by atoms with van der Waals surface area (Å²) in [4.78, 5) is 7.22. The zero-order valence-corrected chi connectivity index (χ0v) is 7.53. The Hall–Kier alpha value is -0.480. The van der Waals surface area contributed by atoms with Gasteiger partial charge < -0.3 is 10.1 Å². The van der Waals surface area contributed by atoms with Gasteiger partial charge in [0.1, 0.15) is 10.9 Å². The normalized spacial score (nSPS) is 10.5. The van der Waals surface area contributed by atoms with Crippen LogP contribution in [0, 0.1) is 6.92 Å². The van der Waals surface area contributed by atoms with E-state index in [9.17, 15) is 0 Å². The quantitative estimate of drug-likeness (QED) is 0.676. The molecule has 1 aromatic heterocycles. The van der Waals surface area contributed by atoms with Gasteiger partial charge in [-0.1, -0.05) is 6.92 Å². The largest absolute Gasteiger partial charge is 0.390 e. The lowest BCUT2D eigenvalue weighted by atomic mass is 10.5. The number of nitrogens with zero attached hydrogens (tertiary/aromatic N) is 1. The Morgan fingerprint density at radius 2 is 2.36 bits per heavy atom. The zero-order valence-electron chi connectivity index (χ0n) is 6.72. The van der Waals surface area contributed by atoms with E-state index in [1.54, 1.807) is 11.8 Å². The summed E-state index contributed by atoms with van der Waals surface area (Å²) >= 11 is 1.64. The van der Waals surface area contributed by atoms with Crippen LogP contribution >= 0.6 is 11.8 Å². The molecular formula is C7H12N2OS. The maximum Gasteiger partial charge on any atom is 0.120 e. The second-order valence-electron chi connectivity index (χ2n) is 2.20. The number of aryl methyl sites for hydroxylation is 1. The number of aromatic amines is 1. The van der Waals surface area contributed by atoms with E-state index in [0.717, 1.165) is 22.3 Å². The molecule has 0 saturated heterocycles. The van der Waals surface area contributed by atoms with Gasteiger partial charge in [-0.3, -0.25) is 0 Å². The van der Waals surface area contributed by atoms with Gasteiger partial charge in [0, 0.05) is 0 Å². The van der Waals surface area contributed by atoms with Crippen LogP contribution in [0.15, 0.2) is 5.03 Å². The highest BCUT2D eigenvalue weighted by atomic mass is 32.2. The molecule has 0 aliphatic rings. The van der Waals surface area contributed by atoms with E-state index in [0.29, 0.717) is 0 Å². The molecule has 0 fully saturated rings. The van der Waals surface area contributed by atoms with Gasteiger partial charge in [0.2, 0.25) is 0 Å². The number of aromatic nitrogens is 2. The number of H-pyrrole nitrogens is 1. The van der Waals surface area contributed by atoms with Gasteiger partial charge in [-0.25, -0.2) is 4.98 Å². The summed E-state index contributed by atoms with van der Waals surface area (Å²) in [6.07, 6.45) is 0. The third kappa shape index (κ3) is 1.97. The van der Waals surface area contributed by atoms with E-state index in [1.165, 1.54) is 0 Å². The lowest BCUT2D eigenvalue weighted by molar-refractivity contribution is 0.274. The lowest BCUT2D eigenvalue weighted by Gasteiger charge is -1.93. The molecule has 0 aliphatic heterocycles. The number of rotatable bonds is 3. The molecule has 0 saturated carbocycles. The van der Waals surface area contributed by atoms with Crippen molar-refractivity contribution in [2.75, 3.05) is 5.75 Å². The number of nitrogens with one attached hydrogen (secondary N) is 1. The number of thioether (sulfide) groups is 1. The number of hydrogen-bond donors (Lipinski definition) is 2. The molecule has 1 rings (SSSR count). The minimum atomic E-state index is 0.0448. The number of imidazole rings is 1. The van der Waals surface area contributed by atoms with Crippen LogP contribution in [-0.2, 0) is 6.61 Å². The average Bonchev–Trinajstić information content (AvgIpc) is 2.32. The van der Waals surface area contributed by atoms with Crippen molar-refractivity contribution in [3.8, 4) is 0 Å². The molecule has 3 nitrogen and oxygen atoms in total. The van der Waals surface area contributed by atoms with E-state index in [-0.39, 0.29) is 6.61 Å². The Kier molecular flexibility index (Phi) is 2.96. The summed E-state index contributed by atoms with van der Waals surface area (Å²) in [5, 5.41) is 9.80. The van der Waals surface area contributed by atoms with E-state index in [4.69, 9.17) is 5.11 Å². The van der Waals surface area contributed by atoms with Crippen LogP contribution in [0.25, 0.3) is 0 Å². The molecule has 1 heterocycles. The number of aliphatic hydroxyl groups is 1. The fourth-order valence-electron chi connectivity index (χ4n) is 0.883. The second-order valence-corrected chi connectivity index (χ2v) is 3.45. The van der Waals surface area contributed by atoms with Gasteiger partial charge in [-0.2, -0.15) is 0 Å². The molecule has 4 heteroatoms. The monoisotopic (exact) mass is 172 g/mol. The third-order valence-electron chi connectivity index (χ3n) is 1.30. The van der Waals surface area contributed by atoms with Gasteiger partial charge in [-0.15, -0.1) is 11.8 Å². The van der Waals surface area contributed by atoms with Crippen molar-refractivity contribution in [3.05, 3.63) is 11.5 Å². The van der Waals surface area contributed by atoms with Crippen LogP contribution in [0.5, 0.6) is 0 Å². The lowest BCUT2D eigenvalue weighted by Crippen LogP contribution is -1.85. The summed E-state index contributed by atoms with van der Waals surface area (Å²) in [6, 6.07) is 0. The van der Waals surface area contributed by atoms with Crippen molar-refractivity contribution in [3.63, 3.8) is 0 Å². The van der Waals surface area contributed by atoms with Crippen molar-refractivity contribution < 1.29 is 5.11 Å². The predicted molar refractivity (Wildman–Crippen MR) is 45.6 cm³/mol. The zero-order chi connectivity index (χ0) is 8.27. The van der Waals surface area contributed by atoms with E-state index < -0.39 is 0 Å². The molecule has 0 aromatic carbocycles. The van der Waals surface area contributed by atoms with Crippen molar-refractivity contribution in [2.24, 2.45) is 0 Å². The molecule has 0 bridgehead atoms. The first-order valence-corrected chi connectivity index (χ1v) is 4.55. The molecule has 11 heavy (non-hydrogen) atoms. The van der Waals surface area contributed by atoms with Gasteiger partial charge in [0.05, 0.1) is 12.3 Å². The topological polar surface area (TPSA) is 48.9 Å². The Bertz CT molecular complexity index is 234. The predicted octanol–water partition coefficient (Wildman–Crippen LogP) is 1.32. The van der Waals surface area contributed by atoms with Crippen molar-refractivity contribution in [1.82, 2.24) is 9.97 Å². The van der Waals surface area contributed by atoms with Gasteiger partial charge in [0.15, 0.2) is 0 Å². The molecule has 0 spiro atoms. The van der Waals surface area contributed by atoms with E-state index in [1.807, 2.05) is 6.92 Å². The molecule has 1 aromatic rings. The number of hydrogen-bond acceptors (Lipinski definition) is 3. The fraction of sp³-hybridized carbons (Fsp3) is 0.571. The van der Waals surface area contributed by atoms with Crippen LogP contribution in [0.1, 0.15) is 18.4 Å². The first-order chi connectivity index (χ1) is 5.27. The summed E-state index contributed by atoms with van der Waals surface area (Å²) in [7, 11) is 0. The average molecular weight is 172 g/mol. The fourth-order valence-corrected chi connectivity index (χ4v) is 1.65. The highest BCUT2D eigenvalue weighted by Crippen LogP contribution is 2.19. The maximum atomic E-state index is 8.87. The van der Waals surface area contributed by atoms with Crippen molar-refractivity contribution in [2.45, 2.75) is 25.5 Å². The summed E-state index contributed by atoms with van der Waals surface area (Å²) in [5.74, 6) is 1.85. The van der Waals surface area contributed by atoms with Gasteiger partial charge >= 0.3 is 0 Å². The molecule has 62 valence electrons. The summed E-state index contributed by atoms with van der Waals surface area (Å²) in [5.41, 5.74) is 0.828. The highest BCUT2D eigenvalue weighted by Gasteiger charge is 2.05. The summed E-state index contributed by atoms with van der Waals surface area (Å²) < 4.78 is 0. The Morgan fingerprint density at radius 1 is 1.64 bits per heavy atom. The van der Waals surface area contributed by atoms with E-state index in [2.05, 4.69) is 16.9 Å². The summed E-state index contributed by atoms with van der Waals surface area (Å²) in [6.45, 7) is 4.00. The molecular weight excluding hydrogens is 160 g/mol. The van der Waals surface area contributed by atoms with Crippen LogP contribution < -0.4 is 0 Å². The van der Waals surface area contributed by atoms with E-state index >= 15 is 0 Å². The van der Waals surface area contributed by atoms with Crippen LogP contribution in [-0.4, -0.2) is 20.8 Å². The molecule has 0 amide bonds. The maximum absolute atomic E-state index is 8.87. The van der Waals surface area contributed by atoms with Crippen molar-refractivity contribution >= 4 is 11.8 Å². The Balaban J connectivity index is 2.83. The first kappa shape index (κ1) is 8.62. The molecule has 0 unspecified atom stereocenters. The number of aliphatic hydroxyl groups excluding tert-OH is 1. The first-order valence-electron chi connectivity index (χ1n) is 3.57. The SMILES string of the molecule is CCSc1nc(C)[nH]c1CO. The van der Waals surface area contributed by atoms with Crippen molar-refractivity contribution in [1.29, 1.82) is 0 Å². The van der Waals surface area contributed by atoms with Crippen LogP contribution in [0.2, 0.25) is 0 Å². The van der Waals surface area contributed by atoms with Gasteiger partial charge in [0.25, 0.3) is 0 Å². The molecule has 0 radical (unpaired) electrons. The second kappa shape index (κ2) is 3.78. The smallest absolute Gasteiger partial charge is 0.120 e.